The van der Waals surface area contributed by atoms with Crippen LogP contribution < -0.4 is 14.8 Å². The zero-order chi connectivity index (χ0) is 26.5. The van der Waals surface area contributed by atoms with E-state index in [1.165, 1.54) is 43.5 Å². The number of ether oxygens (including phenoxy) is 2. The second-order valence-corrected chi connectivity index (χ2v) is 9.58. The summed E-state index contributed by atoms with van der Waals surface area (Å²) in [5.74, 6) is -1.39. The Bertz CT molecular complexity index is 1400. The number of amides is 3. The standard InChI is InChI=1S/C26H19BrF2N2O5S/c1-35-21-10-16(19(27)12-22(21)36-14-15-4-2-3-5-20(15)29)11-23-25(33)31(26(34)37-23)13-24(32)30-18-8-6-17(28)7-9-18/h2-12H,13-14H2,1H3,(H,30,32)/b23-11-. The Labute approximate surface area is 223 Å². The molecule has 1 aliphatic rings. The summed E-state index contributed by atoms with van der Waals surface area (Å²) in [4.78, 5) is 38.6. The molecule has 1 N–H and O–H groups in total. The number of anilines is 1. The number of rotatable bonds is 8. The zero-order valence-corrected chi connectivity index (χ0v) is 21.7. The Morgan fingerprint density at radius 3 is 2.51 bits per heavy atom. The number of hydrogen-bond acceptors (Lipinski definition) is 6. The van der Waals surface area contributed by atoms with Gasteiger partial charge in [0.1, 0.15) is 24.8 Å². The van der Waals surface area contributed by atoms with Gasteiger partial charge in [0.2, 0.25) is 5.91 Å². The molecule has 1 fully saturated rings. The molecule has 0 aliphatic carbocycles. The number of carbonyl (C=O) groups excluding carboxylic acids is 3. The predicted molar refractivity (Wildman–Crippen MR) is 139 cm³/mol. The maximum absolute atomic E-state index is 13.9. The van der Waals surface area contributed by atoms with Gasteiger partial charge in [-0.25, -0.2) is 8.78 Å². The van der Waals surface area contributed by atoms with E-state index in [4.69, 9.17) is 9.47 Å². The molecule has 1 aliphatic heterocycles. The Morgan fingerprint density at radius 2 is 1.81 bits per heavy atom. The van der Waals surface area contributed by atoms with Crippen LogP contribution in [0.4, 0.5) is 19.3 Å². The molecule has 0 radical (unpaired) electrons. The summed E-state index contributed by atoms with van der Waals surface area (Å²) < 4.78 is 38.6. The van der Waals surface area contributed by atoms with Gasteiger partial charge >= 0.3 is 0 Å². The summed E-state index contributed by atoms with van der Waals surface area (Å²) in [6.07, 6.45) is 1.50. The normalized spacial score (nSPS) is 14.3. The maximum Gasteiger partial charge on any atom is 0.294 e. The highest BCUT2D eigenvalue weighted by Gasteiger charge is 2.36. The highest BCUT2D eigenvalue weighted by atomic mass is 79.9. The number of thioether (sulfide) groups is 1. The van der Waals surface area contributed by atoms with Gasteiger partial charge in [-0.3, -0.25) is 19.3 Å². The first-order valence-corrected chi connectivity index (χ1v) is 12.4. The second kappa shape index (κ2) is 11.6. The van der Waals surface area contributed by atoms with Gasteiger partial charge < -0.3 is 14.8 Å². The number of benzene rings is 3. The minimum absolute atomic E-state index is 0.0201. The Hall–Kier alpha value is -3.70. The van der Waals surface area contributed by atoms with E-state index in [-0.39, 0.29) is 17.3 Å². The maximum atomic E-state index is 13.9. The fourth-order valence-corrected chi connectivity index (χ4v) is 4.63. The minimum atomic E-state index is -0.630. The van der Waals surface area contributed by atoms with E-state index in [0.29, 0.717) is 44.5 Å². The number of nitrogens with zero attached hydrogens (tertiary/aromatic N) is 1. The molecule has 0 atom stereocenters. The van der Waals surface area contributed by atoms with Crippen LogP contribution >= 0.6 is 27.7 Å². The second-order valence-electron chi connectivity index (χ2n) is 7.73. The molecular weight excluding hydrogens is 570 g/mol. The van der Waals surface area contributed by atoms with Crippen LogP contribution in [0.1, 0.15) is 11.1 Å². The molecule has 3 aromatic carbocycles. The van der Waals surface area contributed by atoms with Crippen molar-refractivity contribution in [1.82, 2.24) is 4.90 Å². The van der Waals surface area contributed by atoms with Crippen LogP contribution in [0.25, 0.3) is 6.08 Å². The number of hydrogen-bond donors (Lipinski definition) is 1. The smallest absolute Gasteiger partial charge is 0.294 e. The molecule has 0 bridgehead atoms. The average Bonchev–Trinajstić information content (AvgIpc) is 3.13. The van der Waals surface area contributed by atoms with Gasteiger partial charge in [0.25, 0.3) is 11.1 Å². The van der Waals surface area contributed by atoms with Crippen LogP contribution in [0.3, 0.4) is 0 Å². The molecule has 7 nitrogen and oxygen atoms in total. The molecule has 37 heavy (non-hydrogen) atoms. The van der Waals surface area contributed by atoms with Gasteiger partial charge in [0.15, 0.2) is 11.5 Å². The van der Waals surface area contributed by atoms with Crippen LogP contribution in [-0.4, -0.2) is 35.6 Å². The molecule has 0 aromatic heterocycles. The van der Waals surface area contributed by atoms with E-state index in [9.17, 15) is 23.2 Å². The molecular formula is C26H19BrF2N2O5S. The third-order valence-corrected chi connectivity index (χ3v) is 6.81. The lowest BCUT2D eigenvalue weighted by Gasteiger charge is -2.14. The van der Waals surface area contributed by atoms with Crippen molar-refractivity contribution in [1.29, 1.82) is 0 Å². The van der Waals surface area contributed by atoms with Gasteiger partial charge in [0.05, 0.1) is 12.0 Å². The van der Waals surface area contributed by atoms with Crippen LogP contribution in [-0.2, 0) is 16.2 Å². The van der Waals surface area contributed by atoms with Crippen molar-refractivity contribution < 1.29 is 32.6 Å². The Kier molecular flexibility index (Phi) is 8.24. The summed E-state index contributed by atoms with van der Waals surface area (Å²) in [6, 6.07) is 14.6. The summed E-state index contributed by atoms with van der Waals surface area (Å²) >= 11 is 4.12. The fraction of sp³-hybridized carbons (Fsp3) is 0.115. The minimum Gasteiger partial charge on any atom is -0.493 e. The molecule has 0 saturated carbocycles. The van der Waals surface area contributed by atoms with Crippen LogP contribution in [0, 0.1) is 11.6 Å². The average molecular weight is 589 g/mol. The first kappa shape index (κ1) is 26.4. The van der Waals surface area contributed by atoms with Crippen molar-refractivity contribution in [2.24, 2.45) is 0 Å². The zero-order valence-electron chi connectivity index (χ0n) is 19.3. The van der Waals surface area contributed by atoms with Gasteiger partial charge in [-0.15, -0.1) is 0 Å². The van der Waals surface area contributed by atoms with E-state index < -0.39 is 29.4 Å². The molecule has 1 heterocycles. The number of halogens is 3. The van der Waals surface area contributed by atoms with Crippen LogP contribution in [0.15, 0.2) is 70.0 Å². The van der Waals surface area contributed by atoms with Gasteiger partial charge in [-0.05, 0) is 65.9 Å². The molecule has 3 amide bonds. The first-order chi connectivity index (χ1) is 17.7. The van der Waals surface area contributed by atoms with Crippen molar-refractivity contribution in [3.8, 4) is 11.5 Å². The highest BCUT2D eigenvalue weighted by molar-refractivity contribution is 9.10. The topological polar surface area (TPSA) is 84.9 Å². The van der Waals surface area contributed by atoms with E-state index >= 15 is 0 Å². The summed E-state index contributed by atoms with van der Waals surface area (Å²) in [7, 11) is 1.44. The number of imide groups is 1. The van der Waals surface area contributed by atoms with Gasteiger partial charge in [-0.1, -0.05) is 34.1 Å². The lowest BCUT2D eigenvalue weighted by molar-refractivity contribution is -0.127. The molecule has 190 valence electrons. The Balaban J connectivity index is 1.47. The summed E-state index contributed by atoms with van der Waals surface area (Å²) in [6.45, 7) is -0.513. The monoisotopic (exact) mass is 588 g/mol. The molecule has 1 saturated heterocycles. The van der Waals surface area contributed by atoms with Crippen molar-refractivity contribution in [3.05, 3.63) is 92.8 Å². The highest BCUT2D eigenvalue weighted by Crippen LogP contribution is 2.38. The van der Waals surface area contributed by atoms with Crippen molar-refractivity contribution in [2.45, 2.75) is 6.61 Å². The first-order valence-electron chi connectivity index (χ1n) is 10.8. The van der Waals surface area contributed by atoms with Gasteiger partial charge in [-0.2, -0.15) is 0 Å². The predicted octanol–water partition coefficient (Wildman–Crippen LogP) is 5.99. The van der Waals surface area contributed by atoms with E-state index in [1.54, 1.807) is 30.3 Å². The quantitative estimate of drug-likeness (QED) is 0.325. The number of carbonyl (C=O) groups is 3. The van der Waals surface area contributed by atoms with Crippen molar-refractivity contribution >= 4 is 56.5 Å². The third-order valence-electron chi connectivity index (χ3n) is 5.21. The number of nitrogens with one attached hydrogen (secondary N) is 1. The van der Waals surface area contributed by atoms with Crippen molar-refractivity contribution in [2.75, 3.05) is 19.0 Å². The lowest BCUT2D eigenvalue weighted by Crippen LogP contribution is -2.36. The van der Waals surface area contributed by atoms with Crippen molar-refractivity contribution in [3.63, 3.8) is 0 Å². The molecule has 4 rings (SSSR count). The molecule has 11 heteroatoms. The summed E-state index contributed by atoms with van der Waals surface area (Å²) in [5, 5.41) is 1.92. The van der Waals surface area contributed by atoms with Crippen LogP contribution in [0.5, 0.6) is 11.5 Å². The fourth-order valence-electron chi connectivity index (χ4n) is 3.36. The lowest BCUT2D eigenvalue weighted by atomic mass is 10.1. The SMILES string of the molecule is COc1cc(/C=C2\SC(=O)N(CC(=O)Nc3ccc(F)cc3)C2=O)c(Br)cc1OCc1ccccc1F. The number of methoxy groups -OCH3 is 1. The largest absolute Gasteiger partial charge is 0.493 e. The Morgan fingerprint density at radius 1 is 1.08 bits per heavy atom. The third kappa shape index (κ3) is 6.36. The van der Waals surface area contributed by atoms with Gasteiger partial charge in [0, 0.05) is 15.7 Å². The van der Waals surface area contributed by atoms with E-state index in [1.807, 2.05) is 0 Å². The van der Waals surface area contributed by atoms with E-state index in [0.717, 1.165) is 4.90 Å². The molecule has 3 aromatic rings. The molecule has 0 spiro atoms. The molecule has 0 unspecified atom stereocenters. The van der Waals surface area contributed by atoms with E-state index in [2.05, 4.69) is 21.2 Å². The van der Waals surface area contributed by atoms with Crippen LogP contribution in [0.2, 0.25) is 0 Å². The summed E-state index contributed by atoms with van der Waals surface area (Å²) in [5.41, 5.74) is 1.24.